The minimum Gasteiger partial charge on any atom is -0.258 e. The zero-order valence-corrected chi connectivity index (χ0v) is 15.7. The molecule has 0 saturated heterocycles. The topological polar surface area (TPSA) is 111 Å². The summed E-state index contributed by atoms with van der Waals surface area (Å²) in [5.41, 5.74) is 1.95. The van der Waals surface area contributed by atoms with Gasteiger partial charge in [0, 0.05) is 25.2 Å². The standard InChI is InChI=1S/C17H19N5O4S/c1-13(14-6-5-7-15(12-14)22(23)24)20(2)27(25,26)11-10-21-17-9-4-3-8-16(17)18-19-21/h3-9,12-13H,10-11H2,1-2H3/t13-/m1/s1. The zero-order chi connectivity index (χ0) is 19.6. The number of hydrogen-bond acceptors (Lipinski definition) is 6. The number of nitro groups is 1. The van der Waals surface area contributed by atoms with Gasteiger partial charge in [0.15, 0.2) is 0 Å². The molecule has 0 unspecified atom stereocenters. The van der Waals surface area contributed by atoms with Crippen LogP contribution in [0.15, 0.2) is 48.5 Å². The molecule has 3 aromatic rings. The lowest BCUT2D eigenvalue weighted by atomic mass is 10.1. The van der Waals surface area contributed by atoms with Gasteiger partial charge in [-0.15, -0.1) is 5.10 Å². The first kappa shape index (κ1) is 18.9. The van der Waals surface area contributed by atoms with E-state index in [0.717, 1.165) is 5.52 Å². The Hall–Kier alpha value is -2.85. The molecule has 0 amide bonds. The SMILES string of the molecule is C[C@H](c1cccc([N+](=O)[O-])c1)N(C)S(=O)(=O)CCn1nnc2ccccc21. The van der Waals surface area contributed by atoms with E-state index in [1.807, 2.05) is 24.3 Å². The summed E-state index contributed by atoms with van der Waals surface area (Å²) in [7, 11) is -2.14. The number of nitro benzene ring substituents is 1. The third kappa shape index (κ3) is 3.96. The molecule has 1 heterocycles. The summed E-state index contributed by atoms with van der Waals surface area (Å²) in [5, 5.41) is 19.0. The highest BCUT2D eigenvalue weighted by Crippen LogP contribution is 2.25. The van der Waals surface area contributed by atoms with Gasteiger partial charge in [-0.05, 0) is 24.6 Å². The highest BCUT2D eigenvalue weighted by atomic mass is 32.2. The van der Waals surface area contributed by atoms with Crippen LogP contribution in [0.5, 0.6) is 0 Å². The molecule has 0 radical (unpaired) electrons. The van der Waals surface area contributed by atoms with E-state index < -0.39 is 21.0 Å². The highest BCUT2D eigenvalue weighted by Gasteiger charge is 2.25. The van der Waals surface area contributed by atoms with Crippen LogP contribution in [0.1, 0.15) is 18.5 Å². The molecule has 10 heteroatoms. The number of aryl methyl sites for hydroxylation is 1. The summed E-state index contributed by atoms with van der Waals surface area (Å²) in [6.45, 7) is 1.86. The third-order valence-corrected chi connectivity index (χ3v) is 6.42. The predicted octanol–water partition coefficient (Wildman–Crippen LogP) is 2.36. The van der Waals surface area contributed by atoms with Crippen LogP contribution >= 0.6 is 0 Å². The lowest BCUT2D eigenvalue weighted by Gasteiger charge is -2.24. The second-order valence-electron chi connectivity index (χ2n) is 6.16. The van der Waals surface area contributed by atoms with Crippen LogP contribution in [-0.4, -0.2) is 45.4 Å². The maximum absolute atomic E-state index is 12.7. The molecule has 0 bridgehead atoms. The summed E-state index contributed by atoms with van der Waals surface area (Å²) in [5.74, 6) is -0.157. The van der Waals surface area contributed by atoms with E-state index in [2.05, 4.69) is 10.3 Å². The Labute approximate surface area is 156 Å². The Morgan fingerprint density at radius 1 is 1.22 bits per heavy atom. The fraction of sp³-hybridized carbons (Fsp3) is 0.294. The van der Waals surface area contributed by atoms with Crippen LogP contribution in [0, 0.1) is 10.1 Å². The number of fused-ring (bicyclic) bond motifs is 1. The van der Waals surface area contributed by atoms with Crippen LogP contribution < -0.4 is 0 Å². The van der Waals surface area contributed by atoms with Crippen molar-refractivity contribution in [3.8, 4) is 0 Å². The Morgan fingerprint density at radius 2 is 1.96 bits per heavy atom. The Balaban J connectivity index is 1.75. The van der Waals surface area contributed by atoms with Crippen LogP contribution in [0.25, 0.3) is 11.0 Å². The summed E-state index contributed by atoms with van der Waals surface area (Å²) >= 11 is 0. The lowest BCUT2D eigenvalue weighted by molar-refractivity contribution is -0.384. The van der Waals surface area contributed by atoms with Crippen LogP contribution in [0.2, 0.25) is 0 Å². The van der Waals surface area contributed by atoms with E-state index in [1.165, 1.54) is 23.5 Å². The number of nitrogens with zero attached hydrogens (tertiary/aromatic N) is 5. The van der Waals surface area contributed by atoms with E-state index in [4.69, 9.17) is 0 Å². The molecule has 142 valence electrons. The number of benzene rings is 2. The first-order valence-electron chi connectivity index (χ1n) is 8.28. The van der Waals surface area contributed by atoms with Crippen molar-refractivity contribution in [2.75, 3.05) is 12.8 Å². The van der Waals surface area contributed by atoms with Crippen LogP contribution in [0.3, 0.4) is 0 Å². The Morgan fingerprint density at radius 3 is 2.70 bits per heavy atom. The van der Waals surface area contributed by atoms with Gasteiger partial charge in [-0.2, -0.15) is 4.31 Å². The predicted molar refractivity (Wildman–Crippen MR) is 101 cm³/mol. The third-order valence-electron chi connectivity index (χ3n) is 4.53. The molecule has 1 atom stereocenters. The summed E-state index contributed by atoms with van der Waals surface area (Å²) < 4.78 is 28.2. The van der Waals surface area contributed by atoms with Crippen molar-refractivity contribution in [2.45, 2.75) is 19.5 Å². The molecule has 2 aromatic carbocycles. The lowest BCUT2D eigenvalue weighted by Crippen LogP contribution is -2.33. The molecule has 0 aliphatic rings. The first-order valence-corrected chi connectivity index (χ1v) is 9.89. The average Bonchev–Trinajstić information content (AvgIpc) is 3.08. The number of non-ortho nitro benzene ring substituents is 1. The molecule has 0 N–H and O–H groups in total. The Kier molecular flexibility index (Phi) is 5.19. The molecule has 0 saturated carbocycles. The number of rotatable bonds is 7. The Bertz CT molecular complexity index is 1080. The molecule has 3 rings (SSSR count). The van der Waals surface area contributed by atoms with Crippen molar-refractivity contribution >= 4 is 26.7 Å². The normalized spacial score (nSPS) is 13.1. The molecule has 0 aliphatic heterocycles. The highest BCUT2D eigenvalue weighted by molar-refractivity contribution is 7.89. The number of sulfonamides is 1. The number of hydrogen-bond donors (Lipinski definition) is 0. The van der Waals surface area contributed by atoms with Gasteiger partial charge in [0.2, 0.25) is 10.0 Å². The van der Waals surface area contributed by atoms with Gasteiger partial charge in [-0.25, -0.2) is 13.1 Å². The van der Waals surface area contributed by atoms with E-state index in [-0.39, 0.29) is 18.0 Å². The summed E-state index contributed by atoms with van der Waals surface area (Å²) in [4.78, 5) is 10.4. The first-order chi connectivity index (χ1) is 12.8. The van der Waals surface area contributed by atoms with Gasteiger partial charge in [-0.1, -0.05) is 29.5 Å². The van der Waals surface area contributed by atoms with Crippen molar-refractivity contribution in [2.24, 2.45) is 0 Å². The van der Waals surface area contributed by atoms with Crippen molar-refractivity contribution in [1.82, 2.24) is 19.3 Å². The van der Waals surface area contributed by atoms with Crippen molar-refractivity contribution in [3.05, 3.63) is 64.2 Å². The average molecular weight is 389 g/mol. The van der Waals surface area contributed by atoms with E-state index in [0.29, 0.717) is 11.1 Å². The van der Waals surface area contributed by atoms with Gasteiger partial charge in [-0.3, -0.25) is 10.1 Å². The molecular weight excluding hydrogens is 370 g/mol. The maximum atomic E-state index is 12.7. The van der Waals surface area contributed by atoms with Crippen LogP contribution in [-0.2, 0) is 16.6 Å². The maximum Gasteiger partial charge on any atom is 0.269 e. The van der Waals surface area contributed by atoms with Gasteiger partial charge < -0.3 is 0 Å². The zero-order valence-electron chi connectivity index (χ0n) is 14.9. The number of para-hydroxylation sites is 1. The molecule has 0 spiro atoms. The fourth-order valence-corrected chi connectivity index (χ4v) is 4.07. The minimum atomic E-state index is -3.61. The molecule has 0 aliphatic carbocycles. The van der Waals surface area contributed by atoms with Crippen molar-refractivity contribution < 1.29 is 13.3 Å². The second-order valence-corrected chi connectivity index (χ2v) is 8.31. The van der Waals surface area contributed by atoms with Gasteiger partial charge in [0.05, 0.1) is 22.7 Å². The summed E-state index contributed by atoms with van der Waals surface area (Å²) in [6, 6.07) is 12.8. The van der Waals surface area contributed by atoms with Crippen molar-refractivity contribution in [1.29, 1.82) is 0 Å². The molecule has 27 heavy (non-hydrogen) atoms. The fourth-order valence-electron chi connectivity index (χ4n) is 2.78. The second kappa shape index (κ2) is 7.41. The molecule has 1 aromatic heterocycles. The van der Waals surface area contributed by atoms with Gasteiger partial charge >= 0.3 is 0 Å². The summed E-state index contributed by atoms with van der Waals surface area (Å²) in [6.07, 6.45) is 0. The molecule has 0 fully saturated rings. The monoisotopic (exact) mass is 389 g/mol. The van der Waals surface area contributed by atoms with Gasteiger partial charge in [0.1, 0.15) is 5.52 Å². The van der Waals surface area contributed by atoms with E-state index in [1.54, 1.807) is 23.7 Å². The van der Waals surface area contributed by atoms with Crippen molar-refractivity contribution in [3.63, 3.8) is 0 Å². The van der Waals surface area contributed by atoms with Crippen LogP contribution in [0.4, 0.5) is 5.69 Å². The smallest absolute Gasteiger partial charge is 0.258 e. The molecule has 9 nitrogen and oxygen atoms in total. The quantitative estimate of drug-likeness (QED) is 0.453. The number of aromatic nitrogens is 3. The van der Waals surface area contributed by atoms with E-state index >= 15 is 0 Å². The minimum absolute atomic E-state index is 0.0702. The van der Waals surface area contributed by atoms with Gasteiger partial charge in [0.25, 0.3) is 5.69 Å². The largest absolute Gasteiger partial charge is 0.269 e. The van der Waals surface area contributed by atoms with E-state index in [9.17, 15) is 18.5 Å². The molecular formula is C17H19N5O4S.